The SMILES string of the molecule is Cc1cc(C(=O)Nc2cccc(OC34CCCN(CC3)C4)c2)no1. The summed E-state index contributed by atoms with van der Waals surface area (Å²) in [5.74, 6) is 1.12. The van der Waals surface area contributed by atoms with Crippen LogP contribution in [0.1, 0.15) is 35.5 Å². The normalized spacial score (nSPS) is 25.5. The van der Waals surface area contributed by atoms with E-state index < -0.39 is 0 Å². The van der Waals surface area contributed by atoms with Gasteiger partial charge in [-0.25, -0.2) is 0 Å². The number of fused-ring (bicyclic) bond motifs is 2. The second-order valence-electron chi connectivity index (χ2n) is 6.72. The van der Waals surface area contributed by atoms with Crippen molar-refractivity contribution in [2.45, 2.75) is 31.8 Å². The van der Waals surface area contributed by atoms with E-state index in [1.807, 2.05) is 24.3 Å². The van der Waals surface area contributed by atoms with Gasteiger partial charge in [0.2, 0.25) is 0 Å². The van der Waals surface area contributed by atoms with Gasteiger partial charge in [0.1, 0.15) is 17.1 Å². The minimum atomic E-state index is -0.285. The average molecular weight is 327 g/mol. The summed E-state index contributed by atoms with van der Waals surface area (Å²) >= 11 is 0. The number of rotatable bonds is 4. The number of piperidine rings is 1. The van der Waals surface area contributed by atoms with Crippen LogP contribution in [-0.2, 0) is 0 Å². The molecular weight excluding hydrogens is 306 g/mol. The van der Waals surface area contributed by atoms with Crippen molar-refractivity contribution >= 4 is 11.6 Å². The van der Waals surface area contributed by atoms with Gasteiger partial charge in [-0.1, -0.05) is 11.2 Å². The van der Waals surface area contributed by atoms with Gasteiger partial charge in [0.25, 0.3) is 5.91 Å². The molecule has 0 spiro atoms. The lowest BCUT2D eigenvalue weighted by Crippen LogP contribution is -2.43. The number of aromatic nitrogens is 1. The third-order valence-electron chi connectivity index (χ3n) is 4.79. The molecule has 4 rings (SSSR count). The fourth-order valence-corrected chi connectivity index (χ4v) is 3.64. The molecule has 6 heteroatoms. The number of hydrogen-bond donors (Lipinski definition) is 1. The Hall–Kier alpha value is -2.34. The molecule has 2 fully saturated rings. The third-order valence-corrected chi connectivity index (χ3v) is 4.79. The van der Waals surface area contributed by atoms with E-state index in [1.54, 1.807) is 13.0 Å². The average Bonchev–Trinajstić information content (AvgIpc) is 3.11. The minimum Gasteiger partial charge on any atom is -0.486 e. The van der Waals surface area contributed by atoms with Crippen molar-refractivity contribution in [3.63, 3.8) is 0 Å². The number of nitrogens with zero attached hydrogens (tertiary/aromatic N) is 2. The van der Waals surface area contributed by atoms with E-state index in [4.69, 9.17) is 9.26 Å². The van der Waals surface area contributed by atoms with Gasteiger partial charge >= 0.3 is 0 Å². The molecule has 0 radical (unpaired) electrons. The number of carbonyl (C=O) groups excluding carboxylic acids is 1. The van der Waals surface area contributed by atoms with Crippen LogP contribution < -0.4 is 10.1 Å². The van der Waals surface area contributed by atoms with Gasteiger partial charge in [0.05, 0.1) is 0 Å². The zero-order chi connectivity index (χ0) is 16.6. The smallest absolute Gasteiger partial charge is 0.277 e. The highest BCUT2D eigenvalue weighted by Gasteiger charge is 2.42. The predicted molar refractivity (Wildman–Crippen MR) is 89.3 cm³/mol. The Morgan fingerprint density at radius 1 is 1.33 bits per heavy atom. The van der Waals surface area contributed by atoms with Crippen LogP contribution in [-0.4, -0.2) is 41.2 Å². The molecular formula is C18H21N3O3. The Morgan fingerprint density at radius 3 is 3.08 bits per heavy atom. The first-order valence-corrected chi connectivity index (χ1v) is 8.38. The summed E-state index contributed by atoms with van der Waals surface area (Å²) < 4.78 is 11.3. The lowest BCUT2D eigenvalue weighted by Gasteiger charge is -2.34. The minimum absolute atomic E-state index is 0.0654. The van der Waals surface area contributed by atoms with E-state index in [0.717, 1.165) is 31.7 Å². The van der Waals surface area contributed by atoms with E-state index in [1.165, 1.54) is 13.0 Å². The molecule has 2 aromatic rings. The number of benzene rings is 1. The highest BCUT2D eigenvalue weighted by molar-refractivity contribution is 6.02. The molecule has 2 aliphatic rings. The van der Waals surface area contributed by atoms with Gasteiger partial charge in [0.15, 0.2) is 5.69 Å². The van der Waals surface area contributed by atoms with E-state index >= 15 is 0 Å². The van der Waals surface area contributed by atoms with Crippen molar-refractivity contribution in [1.82, 2.24) is 10.1 Å². The highest BCUT2D eigenvalue weighted by atomic mass is 16.5. The molecule has 2 bridgehead atoms. The van der Waals surface area contributed by atoms with Gasteiger partial charge in [-0.15, -0.1) is 0 Å². The largest absolute Gasteiger partial charge is 0.486 e. The summed E-state index contributed by atoms with van der Waals surface area (Å²) in [7, 11) is 0. The van der Waals surface area contributed by atoms with Crippen molar-refractivity contribution in [3.8, 4) is 5.75 Å². The number of ether oxygens (including phenoxy) is 1. The number of aryl methyl sites for hydroxylation is 1. The van der Waals surface area contributed by atoms with Crippen LogP contribution in [0.2, 0.25) is 0 Å². The topological polar surface area (TPSA) is 67.6 Å². The Bertz CT molecular complexity index is 753. The van der Waals surface area contributed by atoms with Gasteiger partial charge in [0, 0.05) is 37.3 Å². The molecule has 2 aliphatic heterocycles. The first kappa shape index (κ1) is 15.2. The molecule has 2 atom stereocenters. The monoisotopic (exact) mass is 327 g/mol. The molecule has 6 nitrogen and oxygen atoms in total. The number of nitrogens with one attached hydrogen (secondary N) is 1. The Balaban J connectivity index is 1.46. The van der Waals surface area contributed by atoms with Crippen molar-refractivity contribution in [2.75, 3.05) is 25.0 Å². The first-order chi connectivity index (χ1) is 11.6. The predicted octanol–water partition coefficient (Wildman–Crippen LogP) is 2.85. The molecule has 1 N–H and O–H groups in total. The van der Waals surface area contributed by atoms with E-state index in [2.05, 4.69) is 15.4 Å². The van der Waals surface area contributed by atoms with Crippen molar-refractivity contribution in [3.05, 3.63) is 41.8 Å². The fourth-order valence-electron chi connectivity index (χ4n) is 3.64. The summed E-state index contributed by atoms with van der Waals surface area (Å²) in [4.78, 5) is 14.6. The van der Waals surface area contributed by atoms with E-state index in [-0.39, 0.29) is 17.2 Å². The number of anilines is 1. The molecule has 3 heterocycles. The molecule has 2 saturated heterocycles. The van der Waals surface area contributed by atoms with Gasteiger partial charge < -0.3 is 14.6 Å². The first-order valence-electron chi connectivity index (χ1n) is 8.38. The van der Waals surface area contributed by atoms with Crippen LogP contribution in [0.4, 0.5) is 5.69 Å². The molecule has 1 aromatic heterocycles. The van der Waals surface area contributed by atoms with E-state index in [0.29, 0.717) is 11.4 Å². The summed E-state index contributed by atoms with van der Waals surface area (Å²) in [5.41, 5.74) is 0.903. The fraction of sp³-hybridized carbons (Fsp3) is 0.444. The maximum atomic E-state index is 12.2. The number of carbonyl (C=O) groups is 1. The standard InChI is InChI=1S/C18H21N3O3/c1-13-10-16(20-24-13)17(22)19-14-4-2-5-15(11-14)23-18-6-3-8-21(12-18)9-7-18/h2,4-5,10-11H,3,6-9,12H2,1H3,(H,19,22). The van der Waals surface area contributed by atoms with Crippen molar-refractivity contribution in [1.29, 1.82) is 0 Å². The van der Waals surface area contributed by atoms with Crippen molar-refractivity contribution < 1.29 is 14.1 Å². The Labute approximate surface area is 140 Å². The van der Waals surface area contributed by atoms with Crippen LogP contribution in [0.3, 0.4) is 0 Å². The highest BCUT2D eigenvalue weighted by Crippen LogP contribution is 2.36. The molecule has 1 amide bonds. The van der Waals surface area contributed by atoms with Gasteiger partial charge in [-0.05, 0) is 38.4 Å². The lowest BCUT2D eigenvalue weighted by atomic mass is 9.94. The maximum Gasteiger partial charge on any atom is 0.277 e. The molecule has 0 aliphatic carbocycles. The summed E-state index contributed by atoms with van der Waals surface area (Å²) in [5, 5.41) is 6.57. The van der Waals surface area contributed by atoms with Gasteiger partial charge in [-0.3, -0.25) is 9.69 Å². The zero-order valence-corrected chi connectivity index (χ0v) is 13.7. The molecule has 0 saturated carbocycles. The Kier molecular flexibility index (Phi) is 3.76. The van der Waals surface area contributed by atoms with E-state index in [9.17, 15) is 4.79 Å². The number of hydrogen-bond acceptors (Lipinski definition) is 5. The molecule has 2 unspecified atom stereocenters. The van der Waals surface area contributed by atoms with Crippen LogP contribution in [0.25, 0.3) is 0 Å². The summed E-state index contributed by atoms with van der Waals surface area (Å²) in [6.45, 7) is 5.05. The lowest BCUT2D eigenvalue weighted by molar-refractivity contribution is 0.0453. The second-order valence-corrected chi connectivity index (χ2v) is 6.72. The molecule has 126 valence electrons. The van der Waals surface area contributed by atoms with Crippen LogP contribution in [0.5, 0.6) is 5.75 Å². The second kappa shape index (κ2) is 5.94. The quantitative estimate of drug-likeness (QED) is 0.935. The molecule has 1 aromatic carbocycles. The third kappa shape index (κ3) is 3.01. The molecule has 24 heavy (non-hydrogen) atoms. The number of amides is 1. The van der Waals surface area contributed by atoms with Gasteiger partial charge in [-0.2, -0.15) is 0 Å². The van der Waals surface area contributed by atoms with Crippen LogP contribution >= 0.6 is 0 Å². The summed E-state index contributed by atoms with van der Waals surface area (Å²) in [6.07, 6.45) is 3.35. The van der Waals surface area contributed by atoms with Crippen LogP contribution in [0, 0.1) is 6.92 Å². The zero-order valence-electron chi connectivity index (χ0n) is 13.7. The Morgan fingerprint density at radius 2 is 2.25 bits per heavy atom. The van der Waals surface area contributed by atoms with Crippen LogP contribution in [0.15, 0.2) is 34.9 Å². The maximum absolute atomic E-state index is 12.2. The van der Waals surface area contributed by atoms with Crippen molar-refractivity contribution in [2.24, 2.45) is 0 Å². The summed E-state index contributed by atoms with van der Waals surface area (Å²) in [6, 6.07) is 9.17.